The van der Waals surface area contributed by atoms with Gasteiger partial charge in [-0.05, 0) is 38.2 Å². The first-order valence-electron chi connectivity index (χ1n) is 7.03. The molecule has 0 heterocycles. The highest BCUT2D eigenvalue weighted by Crippen LogP contribution is 2.38. The molecule has 0 saturated heterocycles. The smallest absolute Gasteiger partial charge is 0.312 e. The standard InChI is InChI=1S/C17H22O2/c1-3-14-10-7-11-17(2,12-14)16(18)19-13-15-8-5-4-6-9-15/h4-6,8-10H,3,7,11-13H2,1-2H3. The molecule has 1 aromatic carbocycles. The molecule has 0 fully saturated rings. The van der Waals surface area contributed by atoms with Crippen LogP contribution >= 0.6 is 0 Å². The molecular formula is C17H22O2. The summed E-state index contributed by atoms with van der Waals surface area (Å²) in [6.45, 7) is 4.55. The van der Waals surface area contributed by atoms with Gasteiger partial charge in [0.05, 0.1) is 5.41 Å². The summed E-state index contributed by atoms with van der Waals surface area (Å²) in [5.41, 5.74) is 2.08. The fraction of sp³-hybridized carbons (Fsp3) is 0.471. The summed E-state index contributed by atoms with van der Waals surface area (Å²) in [5.74, 6) is -0.0598. The van der Waals surface area contributed by atoms with E-state index < -0.39 is 0 Å². The van der Waals surface area contributed by atoms with Crippen molar-refractivity contribution in [1.29, 1.82) is 0 Å². The van der Waals surface area contributed by atoms with Crippen LogP contribution in [-0.2, 0) is 16.1 Å². The second kappa shape index (κ2) is 6.05. The Kier molecular flexibility index (Phi) is 4.41. The quantitative estimate of drug-likeness (QED) is 0.596. The summed E-state index contributed by atoms with van der Waals surface area (Å²) >= 11 is 0. The van der Waals surface area contributed by atoms with E-state index in [0.29, 0.717) is 6.61 Å². The van der Waals surface area contributed by atoms with Crippen molar-refractivity contribution < 1.29 is 9.53 Å². The minimum Gasteiger partial charge on any atom is -0.460 e. The molecule has 0 spiro atoms. The lowest BCUT2D eigenvalue weighted by Gasteiger charge is -2.31. The highest BCUT2D eigenvalue weighted by Gasteiger charge is 2.36. The van der Waals surface area contributed by atoms with Gasteiger partial charge in [0.25, 0.3) is 0 Å². The Bertz CT molecular complexity index is 461. The number of carbonyl (C=O) groups is 1. The zero-order valence-electron chi connectivity index (χ0n) is 11.8. The number of esters is 1. The minimum absolute atomic E-state index is 0.0598. The molecule has 2 nitrogen and oxygen atoms in total. The monoisotopic (exact) mass is 258 g/mol. The molecule has 1 unspecified atom stereocenters. The SMILES string of the molecule is CCC1=CCCC(C)(C(=O)OCc2ccccc2)C1. The molecule has 102 valence electrons. The number of benzene rings is 1. The average Bonchev–Trinajstić information content (AvgIpc) is 2.45. The maximum Gasteiger partial charge on any atom is 0.312 e. The summed E-state index contributed by atoms with van der Waals surface area (Å²) in [6, 6.07) is 9.85. The van der Waals surface area contributed by atoms with Crippen LogP contribution in [0.5, 0.6) is 0 Å². The molecule has 19 heavy (non-hydrogen) atoms. The highest BCUT2D eigenvalue weighted by atomic mass is 16.5. The van der Waals surface area contributed by atoms with Gasteiger partial charge in [0, 0.05) is 0 Å². The fourth-order valence-electron chi connectivity index (χ4n) is 2.60. The molecule has 2 rings (SSSR count). The Morgan fingerprint density at radius 3 is 2.74 bits per heavy atom. The lowest BCUT2D eigenvalue weighted by molar-refractivity contribution is -0.157. The Labute approximate surface area is 115 Å². The van der Waals surface area contributed by atoms with E-state index in [9.17, 15) is 4.79 Å². The minimum atomic E-state index is -0.338. The van der Waals surface area contributed by atoms with Crippen molar-refractivity contribution in [2.45, 2.75) is 46.1 Å². The third-order valence-electron chi connectivity index (χ3n) is 3.91. The van der Waals surface area contributed by atoms with E-state index in [0.717, 1.165) is 31.2 Å². The molecule has 1 atom stereocenters. The van der Waals surface area contributed by atoms with E-state index in [1.807, 2.05) is 37.3 Å². The summed E-state index contributed by atoms with van der Waals surface area (Å²) in [5, 5.41) is 0. The third kappa shape index (κ3) is 3.46. The van der Waals surface area contributed by atoms with Gasteiger partial charge in [-0.15, -0.1) is 0 Å². The molecule has 1 aromatic rings. The van der Waals surface area contributed by atoms with Crippen molar-refractivity contribution in [2.24, 2.45) is 5.41 Å². The molecule has 0 aliphatic heterocycles. The van der Waals surface area contributed by atoms with E-state index in [-0.39, 0.29) is 11.4 Å². The van der Waals surface area contributed by atoms with Crippen molar-refractivity contribution in [2.75, 3.05) is 0 Å². The van der Waals surface area contributed by atoms with Crippen molar-refractivity contribution >= 4 is 5.97 Å². The van der Waals surface area contributed by atoms with E-state index in [4.69, 9.17) is 4.74 Å². The van der Waals surface area contributed by atoms with Gasteiger partial charge in [0.15, 0.2) is 0 Å². The van der Waals surface area contributed by atoms with Crippen LogP contribution in [0.2, 0.25) is 0 Å². The lowest BCUT2D eigenvalue weighted by atomic mass is 9.75. The summed E-state index contributed by atoms with van der Waals surface area (Å²) < 4.78 is 5.50. The molecule has 0 bridgehead atoms. The molecule has 0 amide bonds. The Balaban J connectivity index is 1.94. The van der Waals surface area contributed by atoms with Gasteiger partial charge < -0.3 is 4.74 Å². The van der Waals surface area contributed by atoms with Crippen LogP contribution in [-0.4, -0.2) is 5.97 Å². The average molecular weight is 258 g/mol. The lowest BCUT2D eigenvalue weighted by Crippen LogP contribution is -2.32. The maximum absolute atomic E-state index is 12.3. The summed E-state index contributed by atoms with van der Waals surface area (Å²) in [7, 11) is 0. The van der Waals surface area contributed by atoms with Gasteiger partial charge in [0.2, 0.25) is 0 Å². The Morgan fingerprint density at radius 1 is 1.32 bits per heavy atom. The number of ether oxygens (including phenoxy) is 1. The first-order chi connectivity index (χ1) is 9.14. The number of carbonyl (C=O) groups excluding carboxylic acids is 1. The molecule has 0 saturated carbocycles. The van der Waals surface area contributed by atoms with Crippen LogP contribution in [0.3, 0.4) is 0 Å². The van der Waals surface area contributed by atoms with Crippen molar-refractivity contribution in [3.8, 4) is 0 Å². The Morgan fingerprint density at radius 2 is 2.05 bits per heavy atom. The van der Waals surface area contributed by atoms with Gasteiger partial charge in [0.1, 0.15) is 6.61 Å². The van der Waals surface area contributed by atoms with Crippen molar-refractivity contribution in [3.05, 3.63) is 47.5 Å². The topological polar surface area (TPSA) is 26.3 Å². The van der Waals surface area contributed by atoms with Crippen LogP contribution in [0.15, 0.2) is 42.0 Å². The van der Waals surface area contributed by atoms with Gasteiger partial charge in [-0.2, -0.15) is 0 Å². The first kappa shape index (κ1) is 13.9. The largest absolute Gasteiger partial charge is 0.460 e. The highest BCUT2D eigenvalue weighted by molar-refractivity contribution is 5.77. The van der Waals surface area contributed by atoms with Gasteiger partial charge in [-0.3, -0.25) is 4.79 Å². The van der Waals surface area contributed by atoms with Gasteiger partial charge in [-0.25, -0.2) is 0 Å². The normalized spacial score (nSPS) is 22.7. The predicted molar refractivity (Wildman–Crippen MR) is 76.6 cm³/mol. The second-order valence-electron chi connectivity index (χ2n) is 5.55. The van der Waals surface area contributed by atoms with Crippen LogP contribution in [0.1, 0.15) is 45.1 Å². The first-order valence-corrected chi connectivity index (χ1v) is 7.03. The van der Waals surface area contributed by atoms with Crippen LogP contribution in [0.4, 0.5) is 0 Å². The number of hydrogen-bond donors (Lipinski definition) is 0. The molecule has 0 N–H and O–H groups in total. The van der Waals surface area contributed by atoms with Crippen LogP contribution in [0, 0.1) is 5.41 Å². The predicted octanol–water partition coefficient (Wildman–Crippen LogP) is 4.26. The molecule has 2 heteroatoms. The molecule has 0 radical (unpaired) electrons. The van der Waals surface area contributed by atoms with E-state index >= 15 is 0 Å². The van der Waals surface area contributed by atoms with Crippen molar-refractivity contribution in [1.82, 2.24) is 0 Å². The molecule has 0 aromatic heterocycles. The number of allylic oxidation sites excluding steroid dienone is 2. The number of hydrogen-bond acceptors (Lipinski definition) is 2. The van der Waals surface area contributed by atoms with Gasteiger partial charge >= 0.3 is 5.97 Å². The van der Waals surface area contributed by atoms with Crippen LogP contribution < -0.4 is 0 Å². The fourth-order valence-corrected chi connectivity index (χ4v) is 2.60. The van der Waals surface area contributed by atoms with Crippen LogP contribution in [0.25, 0.3) is 0 Å². The molecule has 1 aliphatic carbocycles. The molecule has 1 aliphatic rings. The van der Waals surface area contributed by atoms with Gasteiger partial charge in [-0.1, -0.05) is 48.9 Å². The molecular weight excluding hydrogens is 236 g/mol. The zero-order valence-corrected chi connectivity index (χ0v) is 11.8. The van der Waals surface area contributed by atoms with E-state index in [1.54, 1.807) is 0 Å². The summed E-state index contributed by atoms with van der Waals surface area (Å²) in [6.07, 6.45) is 6.02. The second-order valence-corrected chi connectivity index (χ2v) is 5.55. The van der Waals surface area contributed by atoms with E-state index in [1.165, 1.54) is 5.57 Å². The Hall–Kier alpha value is -1.57. The zero-order chi connectivity index (χ0) is 13.7. The van der Waals surface area contributed by atoms with Crippen molar-refractivity contribution in [3.63, 3.8) is 0 Å². The number of rotatable bonds is 4. The summed E-state index contributed by atoms with van der Waals surface area (Å²) in [4.78, 5) is 12.3. The van der Waals surface area contributed by atoms with E-state index in [2.05, 4.69) is 13.0 Å². The maximum atomic E-state index is 12.3. The third-order valence-corrected chi connectivity index (χ3v) is 3.91.